The maximum Gasteiger partial charge on any atom is 0.0435 e. The van der Waals surface area contributed by atoms with E-state index in [-0.39, 0.29) is 6.04 Å². The fourth-order valence-electron chi connectivity index (χ4n) is 0.664. The number of hydrogen-bond donors (Lipinski definition) is 1. The smallest absolute Gasteiger partial charge is 0.0435 e. The quantitative estimate of drug-likeness (QED) is 0.450. The lowest BCUT2D eigenvalue weighted by molar-refractivity contribution is 0.708. The summed E-state index contributed by atoms with van der Waals surface area (Å²) < 4.78 is 0. The van der Waals surface area contributed by atoms with Gasteiger partial charge in [-0.3, -0.25) is 0 Å². The van der Waals surface area contributed by atoms with E-state index in [0.717, 1.165) is 6.54 Å². The van der Waals surface area contributed by atoms with Crippen LogP contribution >= 0.6 is 0 Å². The maximum absolute atomic E-state index is 3.68. The summed E-state index contributed by atoms with van der Waals surface area (Å²) in [4.78, 5) is 0. The lowest BCUT2D eigenvalue weighted by Gasteiger charge is -2.05. The lowest BCUT2D eigenvalue weighted by Crippen LogP contribution is -2.23. The molecule has 1 unspecified atom stereocenters. The predicted octanol–water partition coefficient (Wildman–Crippen LogP) is 1.89. The molecule has 0 bridgehead atoms. The van der Waals surface area contributed by atoms with E-state index in [1.54, 1.807) is 6.08 Å². The minimum absolute atomic E-state index is 0.281. The first-order chi connectivity index (χ1) is 4.85. The molecule has 0 spiro atoms. The summed E-state index contributed by atoms with van der Waals surface area (Å²) in [6, 6.07) is 0.281. The number of likely N-dealkylation sites (N-methyl/N-ethyl adjacent to an activating group) is 1. The van der Waals surface area contributed by atoms with Gasteiger partial charge in [0.1, 0.15) is 0 Å². The highest BCUT2D eigenvalue weighted by molar-refractivity contribution is 5.08. The predicted molar refractivity (Wildman–Crippen MR) is 47.0 cm³/mol. The molecule has 0 aromatic heterocycles. The Morgan fingerprint density at radius 2 is 2.20 bits per heavy atom. The Hall–Kier alpha value is -0.820. The summed E-state index contributed by atoms with van der Waals surface area (Å²) >= 11 is 0. The van der Waals surface area contributed by atoms with E-state index in [1.807, 2.05) is 18.2 Å². The molecule has 10 heavy (non-hydrogen) atoms. The van der Waals surface area contributed by atoms with Crippen molar-refractivity contribution in [3.05, 3.63) is 37.5 Å². The van der Waals surface area contributed by atoms with E-state index in [4.69, 9.17) is 0 Å². The molecule has 0 aliphatic rings. The van der Waals surface area contributed by atoms with Crippen molar-refractivity contribution >= 4 is 0 Å². The standard InChI is InChI=1S/C9H15N/c1-4-7-8-9(5-2)10-6-3/h4-5,7-10H,1-2,6H2,3H3/b8-7-. The molecule has 0 aromatic rings. The SMILES string of the molecule is C=C/C=C\C(C=C)NCC. The second-order valence-corrected chi connectivity index (χ2v) is 1.94. The van der Waals surface area contributed by atoms with Crippen LogP contribution in [0.15, 0.2) is 37.5 Å². The highest BCUT2D eigenvalue weighted by atomic mass is 14.9. The van der Waals surface area contributed by atoms with Gasteiger partial charge in [0.05, 0.1) is 0 Å². The van der Waals surface area contributed by atoms with Gasteiger partial charge in [-0.25, -0.2) is 0 Å². The van der Waals surface area contributed by atoms with Crippen LogP contribution in [0.5, 0.6) is 0 Å². The molecule has 56 valence electrons. The maximum atomic E-state index is 3.68. The summed E-state index contributed by atoms with van der Waals surface area (Å²) in [6.45, 7) is 10.3. The van der Waals surface area contributed by atoms with Crippen LogP contribution in [0.3, 0.4) is 0 Å². The molecule has 0 heterocycles. The van der Waals surface area contributed by atoms with Gasteiger partial charge in [0.15, 0.2) is 0 Å². The topological polar surface area (TPSA) is 12.0 Å². The summed E-state index contributed by atoms with van der Waals surface area (Å²) in [5, 5.41) is 3.21. The van der Waals surface area contributed by atoms with Crippen LogP contribution in [-0.4, -0.2) is 12.6 Å². The van der Waals surface area contributed by atoms with E-state index in [2.05, 4.69) is 25.4 Å². The Balaban J connectivity index is 3.69. The van der Waals surface area contributed by atoms with E-state index < -0.39 is 0 Å². The number of nitrogens with one attached hydrogen (secondary N) is 1. The van der Waals surface area contributed by atoms with Crippen molar-refractivity contribution in [2.24, 2.45) is 0 Å². The van der Waals surface area contributed by atoms with Gasteiger partial charge in [0.2, 0.25) is 0 Å². The van der Waals surface area contributed by atoms with Gasteiger partial charge in [0.25, 0.3) is 0 Å². The molecule has 0 rings (SSSR count). The van der Waals surface area contributed by atoms with Gasteiger partial charge >= 0.3 is 0 Å². The lowest BCUT2D eigenvalue weighted by atomic mass is 10.2. The second kappa shape index (κ2) is 6.30. The fourth-order valence-corrected chi connectivity index (χ4v) is 0.664. The zero-order chi connectivity index (χ0) is 7.82. The minimum atomic E-state index is 0.281. The average Bonchev–Trinajstić information content (AvgIpc) is 1.98. The van der Waals surface area contributed by atoms with Crippen molar-refractivity contribution in [2.45, 2.75) is 13.0 Å². The Labute approximate surface area is 63.1 Å². The van der Waals surface area contributed by atoms with Crippen LogP contribution in [0.2, 0.25) is 0 Å². The van der Waals surface area contributed by atoms with Crippen LogP contribution < -0.4 is 5.32 Å². The van der Waals surface area contributed by atoms with Gasteiger partial charge in [-0.1, -0.05) is 37.8 Å². The van der Waals surface area contributed by atoms with Gasteiger partial charge in [-0.15, -0.1) is 6.58 Å². The fraction of sp³-hybridized carbons (Fsp3) is 0.333. The molecule has 0 saturated heterocycles. The molecule has 1 heteroatoms. The third-order valence-electron chi connectivity index (χ3n) is 1.15. The Kier molecular flexibility index (Phi) is 5.79. The highest BCUT2D eigenvalue weighted by Crippen LogP contribution is 1.87. The zero-order valence-electron chi connectivity index (χ0n) is 6.51. The number of hydrogen-bond acceptors (Lipinski definition) is 1. The molecule has 0 radical (unpaired) electrons. The van der Waals surface area contributed by atoms with Crippen LogP contribution in [0, 0.1) is 0 Å². The molecule has 1 nitrogen and oxygen atoms in total. The van der Waals surface area contributed by atoms with Crippen LogP contribution in [-0.2, 0) is 0 Å². The first kappa shape index (κ1) is 9.18. The summed E-state index contributed by atoms with van der Waals surface area (Å²) in [6.07, 6.45) is 7.55. The second-order valence-electron chi connectivity index (χ2n) is 1.94. The van der Waals surface area contributed by atoms with Crippen molar-refractivity contribution in [3.63, 3.8) is 0 Å². The van der Waals surface area contributed by atoms with E-state index in [0.29, 0.717) is 0 Å². The molecule has 0 aliphatic carbocycles. The van der Waals surface area contributed by atoms with Gasteiger partial charge in [0, 0.05) is 6.04 Å². The van der Waals surface area contributed by atoms with Crippen molar-refractivity contribution in [2.75, 3.05) is 6.54 Å². The van der Waals surface area contributed by atoms with Crippen LogP contribution in [0.4, 0.5) is 0 Å². The summed E-state index contributed by atoms with van der Waals surface area (Å²) in [5.74, 6) is 0. The van der Waals surface area contributed by atoms with Gasteiger partial charge in [-0.2, -0.15) is 0 Å². The largest absolute Gasteiger partial charge is 0.308 e. The Bertz CT molecular complexity index is 125. The molecular formula is C9H15N. The Morgan fingerprint density at radius 1 is 1.50 bits per heavy atom. The third kappa shape index (κ3) is 4.10. The van der Waals surface area contributed by atoms with Crippen molar-refractivity contribution < 1.29 is 0 Å². The zero-order valence-corrected chi connectivity index (χ0v) is 6.51. The molecule has 0 fully saturated rings. The third-order valence-corrected chi connectivity index (χ3v) is 1.15. The normalized spacial score (nSPS) is 13.3. The van der Waals surface area contributed by atoms with Crippen molar-refractivity contribution in [1.82, 2.24) is 5.32 Å². The van der Waals surface area contributed by atoms with E-state index >= 15 is 0 Å². The van der Waals surface area contributed by atoms with Gasteiger partial charge < -0.3 is 5.32 Å². The molecule has 0 aliphatic heterocycles. The molecule has 1 atom stereocenters. The summed E-state index contributed by atoms with van der Waals surface area (Å²) in [5.41, 5.74) is 0. The summed E-state index contributed by atoms with van der Waals surface area (Å²) in [7, 11) is 0. The van der Waals surface area contributed by atoms with Crippen molar-refractivity contribution in [1.29, 1.82) is 0 Å². The molecule has 0 aromatic carbocycles. The first-order valence-electron chi connectivity index (χ1n) is 3.50. The van der Waals surface area contributed by atoms with Gasteiger partial charge in [-0.05, 0) is 6.54 Å². The Morgan fingerprint density at radius 3 is 2.60 bits per heavy atom. The monoisotopic (exact) mass is 137 g/mol. The van der Waals surface area contributed by atoms with E-state index in [9.17, 15) is 0 Å². The first-order valence-corrected chi connectivity index (χ1v) is 3.50. The van der Waals surface area contributed by atoms with E-state index in [1.165, 1.54) is 0 Å². The minimum Gasteiger partial charge on any atom is -0.308 e. The highest BCUT2D eigenvalue weighted by Gasteiger charge is 1.91. The number of allylic oxidation sites excluding steroid dienone is 2. The molecule has 1 N–H and O–H groups in total. The van der Waals surface area contributed by atoms with Crippen molar-refractivity contribution in [3.8, 4) is 0 Å². The molecule has 0 saturated carbocycles. The average molecular weight is 137 g/mol. The van der Waals surface area contributed by atoms with Crippen LogP contribution in [0.25, 0.3) is 0 Å². The molecular weight excluding hydrogens is 122 g/mol. The number of rotatable bonds is 5. The molecule has 0 amide bonds. The van der Waals surface area contributed by atoms with Crippen LogP contribution in [0.1, 0.15) is 6.92 Å².